The van der Waals surface area contributed by atoms with Gasteiger partial charge in [-0.3, -0.25) is 0 Å². The number of hydrogen-bond acceptors (Lipinski definition) is 4. The van der Waals surface area contributed by atoms with Crippen molar-refractivity contribution in [2.45, 2.75) is 20.0 Å². The van der Waals surface area contributed by atoms with Crippen LogP contribution < -0.4 is 4.90 Å². The summed E-state index contributed by atoms with van der Waals surface area (Å²) >= 11 is 0. The Labute approximate surface area is 96.5 Å². The maximum atomic E-state index is 8.65. The molecule has 0 saturated carbocycles. The lowest BCUT2D eigenvalue weighted by atomic mass is 10.3. The minimum absolute atomic E-state index is 0.252. The van der Waals surface area contributed by atoms with E-state index in [4.69, 9.17) is 10.00 Å². The van der Waals surface area contributed by atoms with Crippen LogP contribution in [0.15, 0.2) is 18.3 Å². The van der Waals surface area contributed by atoms with E-state index in [1.807, 2.05) is 37.9 Å². The highest BCUT2D eigenvalue weighted by Gasteiger charge is 2.02. The van der Waals surface area contributed by atoms with Crippen LogP contribution in [0.4, 0.5) is 5.82 Å². The predicted octanol–water partition coefficient (Wildman–Crippen LogP) is 1.81. The first-order valence-corrected chi connectivity index (χ1v) is 5.32. The molecule has 1 aromatic heterocycles. The van der Waals surface area contributed by atoms with E-state index in [0.29, 0.717) is 12.2 Å². The molecule has 4 heteroatoms. The largest absolute Gasteiger partial charge is 0.377 e. The zero-order valence-electron chi connectivity index (χ0n) is 9.97. The summed E-state index contributed by atoms with van der Waals surface area (Å²) in [6.45, 7) is 5.49. The molecule has 0 aliphatic rings. The van der Waals surface area contributed by atoms with E-state index in [1.165, 1.54) is 0 Å². The molecule has 0 radical (unpaired) electrons. The molecule has 0 bridgehead atoms. The van der Waals surface area contributed by atoms with Crippen molar-refractivity contribution < 1.29 is 4.74 Å². The summed E-state index contributed by atoms with van der Waals surface area (Å²) in [5, 5.41) is 8.65. The van der Waals surface area contributed by atoms with Crippen molar-refractivity contribution in [2.75, 3.05) is 25.1 Å². The van der Waals surface area contributed by atoms with E-state index >= 15 is 0 Å². The van der Waals surface area contributed by atoms with E-state index in [1.54, 1.807) is 12.3 Å². The van der Waals surface area contributed by atoms with Crippen LogP contribution in [0.1, 0.15) is 19.4 Å². The number of nitrogens with zero attached hydrogens (tertiary/aromatic N) is 3. The molecule has 0 unspecified atom stereocenters. The molecule has 0 fully saturated rings. The van der Waals surface area contributed by atoms with Gasteiger partial charge in [-0.25, -0.2) is 4.98 Å². The molecule has 1 heterocycles. The van der Waals surface area contributed by atoms with Gasteiger partial charge in [0.1, 0.15) is 11.9 Å². The van der Waals surface area contributed by atoms with Crippen LogP contribution in [0.2, 0.25) is 0 Å². The molecule has 0 atom stereocenters. The molecule has 1 rings (SSSR count). The standard InChI is InChI=1S/C12H17N3O/c1-10(2)16-7-6-15(3)12-5-4-11(8-13)9-14-12/h4-5,9-10H,6-7H2,1-3H3. The first kappa shape index (κ1) is 12.5. The minimum atomic E-state index is 0.252. The smallest absolute Gasteiger partial charge is 0.128 e. The third-order valence-electron chi connectivity index (χ3n) is 2.15. The van der Waals surface area contributed by atoms with Crippen LogP contribution in [0.25, 0.3) is 0 Å². The van der Waals surface area contributed by atoms with Crippen molar-refractivity contribution >= 4 is 5.82 Å². The Balaban J connectivity index is 2.47. The molecule has 0 saturated heterocycles. The second-order valence-corrected chi connectivity index (χ2v) is 3.86. The third kappa shape index (κ3) is 3.87. The maximum absolute atomic E-state index is 8.65. The van der Waals surface area contributed by atoms with Gasteiger partial charge in [0.25, 0.3) is 0 Å². The van der Waals surface area contributed by atoms with Gasteiger partial charge < -0.3 is 9.64 Å². The number of ether oxygens (including phenoxy) is 1. The number of hydrogen-bond donors (Lipinski definition) is 0. The zero-order valence-corrected chi connectivity index (χ0v) is 9.97. The fraction of sp³-hybridized carbons (Fsp3) is 0.500. The van der Waals surface area contributed by atoms with Gasteiger partial charge in [0.05, 0.1) is 18.3 Å². The summed E-state index contributed by atoms with van der Waals surface area (Å²) in [6, 6.07) is 5.65. The molecule has 0 aliphatic carbocycles. The van der Waals surface area contributed by atoms with E-state index in [0.717, 1.165) is 12.4 Å². The summed E-state index contributed by atoms with van der Waals surface area (Å²) < 4.78 is 5.46. The fourth-order valence-corrected chi connectivity index (χ4v) is 1.22. The molecule has 0 aromatic carbocycles. The van der Waals surface area contributed by atoms with E-state index in [-0.39, 0.29) is 6.10 Å². The summed E-state index contributed by atoms with van der Waals surface area (Å²) in [4.78, 5) is 6.20. The fourth-order valence-electron chi connectivity index (χ4n) is 1.22. The van der Waals surface area contributed by atoms with Crippen LogP contribution in [-0.2, 0) is 4.74 Å². The van der Waals surface area contributed by atoms with E-state index in [2.05, 4.69) is 4.98 Å². The predicted molar refractivity (Wildman–Crippen MR) is 63.3 cm³/mol. The van der Waals surface area contributed by atoms with Crippen molar-refractivity contribution in [3.05, 3.63) is 23.9 Å². The van der Waals surface area contributed by atoms with Crippen LogP contribution in [-0.4, -0.2) is 31.3 Å². The highest BCUT2D eigenvalue weighted by atomic mass is 16.5. The molecule has 0 amide bonds. The molecule has 1 aromatic rings. The Morgan fingerprint density at radius 3 is 2.75 bits per heavy atom. The van der Waals surface area contributed by atoms with Gasteiger partial charge in [-0.15, -0.1) is 0 Å². The normalized spacial score (nSPS) is 10.2. The van der Waals surface area contributed by atoms with Gasteiger partial charge >= 0.3 is 0 Å². The van der Waals surface area contributed by atoms with Gasteiger partial charge in [-0.1, -0.05) is 0 Å². The van der Waals surface area contributed by atoms with Crippen LogP contribution in [0.5, 0.6) is 0 Å². The second kappa shape index (κ2) is 6.09. The molecule has 0 N–H and O–H groups in total. The number of rotatable bonds is 5. The van der Waals surface area contributed by atoms with Crippen molar-refractivity contribution in [3.8, 4) is 6.07 Å². The number of aromatic nitrogens is 1. The van der Waals surface area contributed by atoms with E-state index in [9.17, 15) is 0 Å². The Hall–Kier alpha value is -1.60. The lowest BCUT2D eigenvalue weighted by molar-refractivity contribution is 0.0845. The maximum Gasteiger partial charge on any atom is 0.128 e. The molecule has 0 spiro atoms. The quantitative estimate of drug-likeness (QED) is 0.758. The van der Waals surface area contributed by atoms with Crippen LogP contribution in [0, 0.1) is 11.3 Å². The van der Waals surface area contributed by atoms with Gasteiger partial charge in [0.2, 0.25) is 0 Å². The van der Waals surface area contributed by atoms with Gasteiger partial charge in [-0.2, -0.15) is 5.26 Å². The lowest BCUT2D eigenvalue weighted by Crippen LogP contribution is -2.24. The highest BCUT2D eigenvalue weighted by molar-refractivity contribution is 5.40. The summed E-state index contributed by atoms with van der Waals surface area (Å²) in [5.74, 6) is 0.853. The highest BCUT2D eigenvalue weighted by Crippen LogP contribution is 2.08. The molecule has 16 heavy (non-hydrogen) atoms. The zero-order chi connectivity index (χ0) is 12.0. The van der Waals surface area contributed by atoms with Gasteiger partial charge in [0.15, 0.2) is 0 Å². The van der Waals surface area contributed by atoms with Gasteiger partial charge in [0, 0.05) is 19.8 Å². The average molecular weight is 219 g/mol. The van der Waals surface area contributed by atoms with Crippen molar-refractivity contribution in [1.82, 2.24) is 4.98 Å². The molecule has 4 nitrogen and oxygen atoms in total. The van der Waals surface area contributed by atoms with Crippen molar-refractivity contribution in [2.24, 2.45) is 0 Å². The first-order valence-electron chi connectivity index (χ1n) is 5.32. The Bertz CT molecular complexity index is 354. The van der Waals surface area contributed by atoms with Crippen LogP contribution in [0.3, 0.4) is 0 Å². The molecular formula is C12H17N3O. The Morgan fingerprint density at radius 1 is 1.50 bits per heavy atom. The van der Waals surface area contributed by atoms with Crippen LogP contribution >= 0.6 is 0 Å². The van der Waals surface area contributed by atoms with Crippen molar-refractivity contribution in [1.29, 1.82) is 5.26 Å². The topological polar surface area (TPSA) is 49.1 Å². The monoisotopic (exact) mass is 219 g/mol. The number of anilines is 1. The lowest BCUT2D eigenvalue weighted by Gasteiger charge is -2.18. The van der Waals surface area contributed by atoms with Gasteiger partial charge in [-0.05, 0) is 26.0 Å². The Kier molecular flexibility index (Phi) is 4.74. The van der Waals surface area contributed by atoms with Crippen molar-refractivity contribution in [3.63, 3.8) is 0 Å². The third-order valence-corrected chi connectivity index (χ3v) is 2.15. The average Bonchev–Trinajstić information content (AvgIpc) is 2.28. The minimum Gasteiger partial charge on any atom is -0.377 e. The molecular weight excluding hydrogens is 202 g/mol. The number of nitriles is 1. The molecule has 0 aliphatic heterocycles. The Morgan fingerprint density at radius 2 is 2.25 bits per heavy atom. The van der Waals surface area contributed by atoms with E-state index < -0.39 is 0 Å². The summed E-state index contributed by atoms with van der Waals surface area (Å²) in [6.07, 6.45) is 1.83. The molecule has 86 valence electrons. The number of likely N-dealkylation sites (N-methyl/N-ethyl adjacent to an activating group) is 1. The summed E-state index contributed by atoms with van der Waals surface area (Å²) in [5.41, 5.74) is 0.579. The SMILES string of the molecule is CC(C)OCCN(C)c1ccc(C#N)cn1. The second-order valence-electron chi connectivity index (χ2n) is 3.86. The number of pyridine rings is 1. The first-order chi connectivity index (χ1) is 7.63. The summed E-state index contributed by atoms with van der Waals surface area (Å²) in [7, 11) is 1.96.